The van der Waals surface area contributed by atoms with E-state index in [9.17, 15) is 5.11 Å². The molecule has 0 bridgehead atoms. The van der Waals surface area contributed by atoms with Gasteiger partial charge >= 0.3 is 0 Å². The van der Waals surface area contributed by atoms with Gasteiger partial charge in [-0.15, -0.1) is 0 Å². The number of aromatic hydroxyl groups is 1. The van der Waals surface area contributed by atoms with E-state index >= 15 is 0 Å². The van der Waals surface area contributed by atoms with Crippen LogP contribution in [-0.2, 0) is 6.42 Å². The number of nitrogens with one attached hydrogen (secondary N) is 1. The third-order valence-electron chi connectivity index (χ3n) is 2.66. The van der Waals surface area contributed by atoms with Crippen LogP contribution in [0.3, 0.4) is 0 Å². The zero-order chi connectivity index (χ0) is 12.4. The summed E-state index contributed by atoms with van der Waals surface area (Å²) in [5.41, 5.74) is 8.00. The molecule has 90 valence electrons. The zero-order valence-corrected chi connectivity index (χ0v) is 9.99. The molecule has 1 heterocycles. The molecule has 1 aromatic heterocycles. The maximum absolute atomic E-state index is 9.70. The maximum Gasteiger partial charge on any atom is 0.181 e. The molecule has 2 aromatic rings. The number of hydrogen-bond donors (Lipinski definition) is 3. The molecule has 0 saturated heterocycles. The van der Waals surface area contributed by atoms with Crippen molar-refractivity contribution in [1.29, 1.82) is 0 Å². The van der Waals surface area contributed by atoms with Crippen LogP contribution in [0.2, 0.25) is 0 Å². The van der Waals surface area contributed by atoms with Crippen LogP contribution in [0.15, 0.2) is 12.1 Å². The van der Waals surface area contributed by atoms with Crippen LogP contribution in [-0.4, -0.2) is 26.8 Å². The highest BCUT2D eigenvalue weighted by atomic mass is 16.3. The van der Waals surface area contributed by atoms with Crippen LogP contribution in [0.5, 0.6) is 5.75 Å². The lowest BCUT2D eigenvalue weighted by Gasteiger charge is -2.04. The van der Waals surface area contributed by atoms with Crippen LogP contribution in [0, 0.1) is 13.8 Å². The first kappa shape index (κ1) is 11.6. The first-order chi connectivity index (χ1) is 8.11. The number of aromatic amines is 1. The normalized spacial score (nSPS) is 10.8. The SMILES string of the molecule is Cc1cc(-c2n[nH]c(CCN)n2)cc(C)c1O. The average molecular weight is 232 g/mol. The van der Waals surface area contributed by atoms with Crippen LogP contribution >= 0.6 is 0 Å². The highest BCUT2D eigenvalue weighted by Crippen LogP contribution is 2.27. The lowest BCUT2D eigenvalue weighted by Crippen LogP contribution is -2.03. The van der Waals surface area contributed by atoms with Gasteiger partial charge < -0.3 is 10.8 Å². The van der Waals surface area contributed by atoms with Gasteiger partial charge in [-0.2, -0.15) is 5.10 Å². The van der Waals surface area contributed by atoms with Gasteiger partial charge in [0.15, 0.2) is 5.82 Å². The number of phenols is 1. The summed E-state index contributed by atoms with van der Waals surface area (Å²) < 4.78 is 0. The van der Waals surface area contributed by atoms with E-state index in [1.807, 2.05) is 26.0 Å². The Morgan fingerprint density at radius 2 is 1.94 bits per heavy atom. The van der Waals surface area contributed by atoms with E-state index < -0.39 is 0 Å². The summed E-state index contributed by atoms with van der Waals surface area (Å²) >= 11 is 0. The van der Waals surface area contributed by atoms with E-state index in [0.717, 1.165) is 22.5 Å². The zero-order valence-electron chi connectivity index (χ0n) is 9.99. The fraction of sp³-hybridized carbons (Fsp3) is 0.333. The summed E-state index contributed by atoms with van der Waals surface area (Å²) in [7, 11) is 0. The summed E-state index contributed by atoms with van der Waals surface area (Å²) in [5.74, 6) is 1.75. The molecule has 0 saturated carbocycles. The molecule has 4 N–H and O–H groups in total. The van der Waals surface area contributed by atoms with E-state index in [-0.39, 0.29) is 0 Å². The molecule has 5 heteroatoms. The summed E-state index contributed by atoms with van der Waals surface area (Å²) in [6, 6.07) is 3.75. The Morgan fingerprint density at radius 1 is 1.29 bits per heavy atom. The lowest BCUT2D eigenvalue weighted by atomic mass is 10.1. The molecule has 0 aliphatic heterocycles. The minimum absolute atomic E-state index is 0.325. The van der Waals surface area contributed by atoms with Gasteiger partial charge in [-0.25, -0.2) is 4.98 Å². The molecule has 17 heavy (non-hydrogen) atoms. The summed E-state index contributed by atoms with van der Waals surface area (Å²) in [4.78, 5) is 4.35. The topological polar surface area (TPSA) is 87.8 Å². The van der Waals surface area contributed by atoms with Crippen molar-refractivity contribution in [2.75, 3.05) is 6.54 Å². The van der Waals surface area contributed by atoms with E-state index in [1.165, 1.54) is 0 Å². The molecule has 0 fully saturated rings. The highest BCUT2D eigenvalue weighted by Gasteiger charge is 2.09. The molecule has 5 nitrogen and oxygen atoms in total. The van der Waals surface area contributed by atoms with Crippen LogP contribution < -0.4 is 5.73 Å². The second-order valence-corrected chi connectivity index (χ2v) is 4.10. The maximum atomic E-state index is 9.70. The fourth-order valence-electron chi connectivity index (χ4n) is 1.76. The molecule has 0 radical (unpaired) electrons. The third-order valence-corrected chi connectivity index (χ3v) is 2.66. The Kier molecular flexibility index (Phi) is 3.10. The van der Waals surface area contributed by atoms with Crippen LogP contribution in [0.1, 0.15) is 17.0 Å². The lowest BCUT2D eigenvalue weighted by molar-refractivity contribution is 0.467. The van der Waals surface area contributed by atoms with E-state index in [1.54, 1.807) is 0 Å². The smallest absolute Gasteiger partial charge is 0.181 e. The molecule has 2 rings (SSSR count). The standard InChI is InChI=1S/C12H16N4O/c1-7-5-9(6-8(2)11(7)17)12-14-10(3-4-13)15-16-12/h5-6,17H,3-4,13H2,1-2H3,(H,14,15,16). The number of rotatable bonds is 3. The van der Waals surface area contributed by atoms with Crippen molar-refractivity contribution < 1.29 is 5.11 Å². The minimum Gasteiger partial charge on any atom is -0.507 e. The van der Waals surface area contributed by atoms with Crippen molar-refractivity contribution in [1.82, 2.24) is 15.2 Å². The Hall–Kier alpha value is -1.88. The minimum atomic E-state index is 0.325. The number of aromatic nitrogens is 3. The van der Waals surface area contributed by atoms with Gasteiger partial charge in [0, 0.05) is 12.0 Å². The average Bonchev–Trinajstić information content (AvgIpc) is 2.74. The Labute approximate surface area is 99.7 Å². The number of hydrogen-bond acceptors (Lipinski definition) is 4. The molecular formula is C12H16N4O. The molecule has 0 aliphatic carbocycles. The van der Waals surface area contributed by atoms with Crippen molar-refractivity contribution in [3.8, 4) is 17.1 Å². The second kappa shape index (κ2) is 4.55. The second-order valence-electron chi connectivity index (χ2n) is 4.10. The first-order valence-electron chi connectivity index (χ1n) is 5.53. The number of phenolic OH excluding ortho intramolecular Hbond substituents is 1. The molecule has 0 unspecified atom stereocenters. The largest absolute Gasteiger partial charge is 0.507 e. The van der Waals surface area contributed by atoms with Crippen molar-refractivity contribution in [2.45, 2.75) is 20.3 Å². The van der Waals surface area contributed by atoms with Crippen LogP contribution in [0.4, 0.5) is 0 Å². The molecule has 0 aliphatic rings. The summed E-state index contributed by atoms with van der Waals surface area (Å²) in [5, 5.41) is 16.7. The van der Waals surface area contributed by atoms with E-state index in [2.05, 4.69) is 15.2 Å². The van der Waals surface area contributed by atoms with Gasteiger partial charge in [-0.1, -0.05) is 0 Å². The molecule has 0 spiro atoms. The third kappa shape index (κ3) is 2.29. The van der Waals surface area contributed by atoms with Gasteiger partial charge in [-0.05, 0) is 43.7 Å². The van der Waals surface area contributed by atoms with E-state index in [0.29, 0.717) is 24.5 Å². The van der Waals surface area contributed by atoms with Gasteiger partial charge in [0.25, 0.3) is 0 Å². The van der Waals surface area contributed by atoms with Gasteiger partial charge in [0.05, 0.1) is 0 Å². The highest BCUT2D eigenvalue weighted by molar-refractivity contribution is 5.60. The monoisotopic (exact) mass is 232 g/mol. The number of benzene rings is 1. The summed E-state index contributed by atoms with van der Waals surface area (Å²) in [6.45, 7) is 4.26. The molecule has 1 aromatic carbocycles. The van der Waals surface area contributed by atoms with E-state index in [4.69, 9.17) is 5.73 Å². The fourth-order valence-corrected chi connectivity index (χ4v) is 1.76. The predicted octanol–water partition coefficient (Wildman–Crippen LogP) is 1.30. The first-order valence-corrected chi connectivity index (χ1v) is 5.53. The van der Waals surface area contributed by atoms with Crippen molar-refractivity contribution in [3.05, 3.63) is 29.1 Å². The summed E-state index contributed by atoms with van der Waals surface area (Å²) in [6.07, 6.45) is 0.684. The van der Waals surface area contributed by atoms with Gasteiger partial charge in [0.1, 0.15) is 11.6 Å². The number of H-pyrrole nitrogens is 1. The number of nitrogens with zero attached hydrogens (tertiary/aromatic N) is 2. The van der Waals surface area contributed by atoms with Crippen molar-refractivity contribution >= 4 is 0 Å². The van der Waals surface area contributed by atoms with Gasteiger partial charge in [-0.3, -0.25) is 5.10 Å². The van der Waals surface area contributed by atoms with Gasteiger partial charge in [0.2, 0.25) is 0 Å². The number of aryl methyl sites for hydroxylation is 2. The Morgan fingerprint density at radius 3 is 2.53 bits per heavy atom. The van der Waals surface area contributed by atoms with Crippen molar-refractivity contribution in [2.24, 2.45) is 5.73 Å². The van der Waals surface area contributed by atoms with Crippen LogP contribution in [0.25, 0.3) is 11.4 Å². The molecule has 0 atom stereocenters. The number of nitrogens with two attached hydrogens (primary N) is 1. The molecular weight excluding hydrogens is 216 g/mol. The predicted molar refractivity (Wildman–Crippen MR) is 65.7 cm³/mol. The molecule has 0 amide bonds. The Balaban J connectivity index is 2.39. The van der Waals surface area contributed by atoms with Crippen molar-refractivity contribution in [3.63, 3.8) is 0 Å². The quantitative estimate of drug-likeness (QED) is 0.744. The Bertz CT molecular complexity index is 510.